The minimum absolute atomic E-state index is 0. The van der Waals surface area contributed by atoms with Gasteiger partial charge in [0.25, 0.3) is 5.97 Å². The van der Waals surface area contributed by atoms with Gasteiger partial charge in [0, 0.05) is 39.2 Å². The predicted octanol–water partition coefficient (Wildman–Crippen LogP) is 13.6. The van der Waals surface area contributed by atoms with Crippen LogP contribution >= 0.6 is 0 Å². The van der Waals surface area contributed by atoms with Gasteiger partial charge in [-0.05, 0) is 148 Å². The molecule has 0 spiro atoms. The minimum atomic E-state index is -0.833. The Hall–Kier alpha value is -13.4. The van der Waals surface area contributed by atoms with E-state index in [4.69, 9.17) is 76.8 Å². The van der Waals surface area contributed by atoms with Gasteiger partial charge in [-0.3, -0.25) is 44.3 Å². The molecule has 0 fully saturated rings. The van der Waals surface area contributed by atoms with Crippen LogP contribution in [0.5, 0.6) is 23.5 Å². The van der Waals surface area contributed by atoms with E-state index >= 15 is 0 Å². The molecule has 36 heteroatoms. The summed E-state index contributed by atoms with van der Waals surface area (Å²) >= 11 is 0. The Balaban J connectivity index is 0.000000394. The molecule has 5 aromatic heterocycles. The number of nitro groups is 2. The summed E-state index contributed by atoms with van der Waals surface area (Å²) < 4.78 is 39.3. The van der Waals surface area contributed by atoms with Gasteiger partial charge in [-0.15, -0.1) is 0 Å². The molecule has 0 saturated heterocycles. The smallest absolute Gasteiger partial charge is 0.414 e. The Kier molecular flexibility index (Phi) is 40.1. The number of amides is 3. The molecule has 0 aliphatic carbocycles. The van der Waals surface area contributed by atoms with E-state index < -0.39 is 45.5 Å². The number of H-pyrrole nitrogens is 1. The topological polar surface area (TPSA) is 555 Å². The maximum atomic E-state index is 12.7. The van der Waals surface area contributed by atoms with Gasteiger partial charge in [-0.25, -0.2) is 19.2 Å². The number of allylic oxidation sites excluding steroid dienone is 1. The quantitative estimate of drug-likeness (QED) is 0.0343. The van der Waals surface area contributed by atoms with Crippen molar-refractivity contribution in [1.82, 2.24) is 35.6 Å². The summed E-state index contributed by atoms with van der Waals surface area (Å²) in [5.41, 5.74) is 39.0. The van der Waals surface area contributed by atoms with Gasteiger partial charge in [0.1, 0.15) is 16.9 Å². The number of nitrogen functional groups attached to an aromatic ring is 5. The number of hydrogen-bond donors (Lipinski definition) is 9. The number of carboxylic acid groups (broad SMARTS) is 1. The van der Waals surface area contributed by atoms with Crippen molar-refractivity contribution in [2.45, 2.75) is 152 Å². The third-order valence-corrected chi connectivity index (χ3v) is 17.7. The molecule has 9 aromatic rings. The highest BCUT2D eigenvalue weighted by Crippen LogP contribution is 2.40. The Morgan fingerprint density at radius 3 is 1.30 bits per heavy atom. The van der Waals surface area contributed by atoms with Crippen molar-refractivity contribution in [3.8, 4) is 23.5 Å². The van der Waals surface area contributed by atoms with Gasteiger partial charge in [-0.1, -0.05) is 124 Å². The number of ether oxygens (including phenoxy) is 7. The first-order valence-corrected chi connectivity index (χ1v) is 37.2. The van der Waals surface area contributed by atoms with Crippen LogP contribution in [0.25, 0.3) is 11.0 Å². The zero-order chi connectivity index (χ0) is 82.2. The van der Waals surface area contributed by atoms with Crippen molar-refractivity contribution in [1.29, 1.82) is 0 Å². The van der Waals surface area contributed by atoms with E-state index in [2.05, 4.69) is 55.3 Å². The van der Waals surface area contributed by atoms with E-state index in [9.17, 15) is 39.4 Å². The zero-order valence-electron chi connectivity index (χ0n) is 65.7. The number of hydrogen-bond acceptors (Lipinski definition) is 27. The normalized spacial score (nSPS) is 13.9. The fourth-order valence-corrected chi connectivity index (χ4v) is 12.5. The highest BCUT2D eigenvalue weighted by atomic mass is 16.6. The Bertz CT molecular complexity index is 4890. The summed E-state index contributed by atoms with van der Waals surface area (Å²) in [6.45, 7) is 7.63. The Morgan fingerprint density at radius 2 is 0.873 bits per heavy atom. The average Bonchev–Trinajstić information content (AvgIpc) is 1.77. The number of methoxy groups -OCH3 is 2. The van der Waals surface area contributed by atoms with Gasteiger partial charge in [0.05, 0.1) is 100 Å². The Morgan fingerprint density at radius 1 is 0.517 bits per heavy atom. The Labute approximate surface area is 685 Å². The number of nitrogens with zero attached hydrogens (tertiary/aromatic N) is 10. The van der Waals surface area contributed by atoms with E-state index in [-0.39, 0.29) is 106 Å². The van der Waals surface area contributed by atoms with Crippen LogP contribution in [0.1, 0.15) is 146 Å². The number of aromatic amines is 1. The summed E-state index contributed by atoms with van der Waals surface area (Å²) in [5.74, 6) is 0.0197. The first-order valence-electron chi connectivity index (χ1n) is 37.2. The number of benzene rings is 4. The number of carbonyl (C=O) groups excluding carboxylic acids is 3. The van der Waals surface area contributed by atoms with Crippen molar-refractivity contribution in [2.24, 2.45) is 0 Å². The van der Waals surface area contributed by atoms with Gasteiger partial charge in [0.15, 0.2) is 11.6 Å². The number of aliphatic hydroxyl groups excluding tert-OH is 1. The standard InChI is InChI=1S/C20H22N4O5.C19H22N4O5.C19H24N4O3.C18H20N4O2.C2H4O2.C2H6O.2CH4.H3N.H2O.H2/c1-2-28-20(25)23-13-15-9-6-8-14(11-15)7-4-3-5-10-29-17-12-16(23)18(24(26)27)19(21)22-17;1-27-19(24)22-12-14-8-5-7-13(10-14)6-3-2-4-9-28-16-11-15(22)17(23(25)26)18(20)21-16;1-25-19(24)23-12-14-8-5-7-13(10-14)6-3-2-4-9-26-16-11-15(23)17(20)18(21)22-16;19-17-16-14-10-15(20-17)24-8-3-1-2-5-12-6-4-7-13(9-12)11-22(14)18(23)21-16;1-2(3)4;1-2-3;;;;;/h3-4,6,8-9,11-12H,2,5,7,10,13H2,1H3,(H2,21,22);5,7-8,10-11H,2-4,6,9,12H2,1H3,(H2,20,21);5,7-8,10-11H,2-4,6,9,12,20H2,1H3,(H2,21,22);4,6-7,9-10H,1-3,5,8,11H2,(H2,19,20)(H,21,23);1H3,(H,3,4);3H,2H2,1H3;2*1H4;1H3;1H2;1H/b4-3+;;;;;;;;;;. The van der Waals surface area contributed by atoms with Crippen LogP contribution in [0.4, 0.5) is 71.8 Å². The maximum Gasteiger partial charge on any atom is 0.414 e. The summed E-state index contributed by atoms with van der Waals surface area (Å²) in [4.78, 5) is 104. The first-order chi connectivity index (χ1) is 54.9. The van der Waals surface area contributed by atoms with Crippen LogP contribution in [-0.2, 0) is 70.9 Å². The molecular formula is C82H113N17O19. The fraction of sp³-hybridized carbons (Fsp3) is 0.378. The third-order valence-electron chi connectivity index (χ3n) is 17.7. The number of fused-ring (bicyclic) bond motifs is 15. The molecular weight excluding hydrogens is 1530 g/mol. The van der Waals surface area contributed by atoms with Crippen LogP contribution in [0, 0.1) is 20.2 Å². The lowest BCUT2D eigenvalue weighted by Gasteiger charge is -2.24. The molecule has 640 valence electrons. The molecule has 13 rings (SSSR count). The molecule has 9 heterocycles. The van der Waals surface area contributed by atoms with Crippen molar-refractivity contribution in [3.63, 3.8) is 0 Å². The van der Waals surface area contributed by atoms with E-state index in [1.165, 1.54) is 52.2 Å². The number of nitrogens with one attached hydrogen (secondary N) is 1. The molecule has 18 N–H and O–H groups in total. The maximum absolute atomic E-state index is 12.7. The number of anilines is 8. The second-order valence-electron chi connectivity index (χ2n) is 26.3. The predicted molar refractivity (Wildman–Crippen MR) is 456 cm³/mol. The van der Waals surface area contributed by atoms with Gasteiger partial charge < -0.3 is 88.7 Å². The summed E-state index contributed by atoms with van der Waals surface area (Å²) in [6.07, 6.45) is 15.4. The zero-order valence-corrected chi connectivity index (χ0v) is 65.7. The number of carbonyl (C=O) groups is 4. The monoisotopic (exact) mass is 1640 g/mol. The molecule has 3 amide bonds. The molecule has 36 nitrogen and oxygen atoms in total. The van der Waals surface area contributed by atoms with Crippen LogP contribution in [0.3, 0.4) is 0 Å². The van der Waals surface area contributed by atoms with Crippen LogP contribution < -0.4 is 74.2 Å². The van der Waals surface area contributed by atoms with Crippen molar-refractivity contribution in [3.05, 3.63) is 209 Å². The van der Waals surface area contributed by atoms with E-state index in [1.807, 2.05) is 78.9 Å². The molecule has 4 aliphatic heterocycles. The second-order valence-corrected chi connectivity index (χ2v) is 26.3. The summed E-state index contributed by atoms with van der Waals surface area (Å²) in [6, 6.07) is 38.2. The van der Waals surface area contributed by atoms with Crippen LogP contribution in [-0.4, -0.2) is 133 Å². The van der Waals surface area contributed by atoms with E-state index in [1.54, 1.807) is 30.5 Å². The number of carboxylic acids is 1. The molecule has 0 saturated carbocycles. The van der Waals surface area contributed by atoms with Gasteiger partial charge >= 0.3 is 35.3 Å². The number of aryl methyl sites for hydroxylation is 3. The first kappa shape index (κ1) is 97.0. The molecule has 16 bridgehead atoms. The van der Waals surface area contributed by atoms with Crippen molar-refractivity contribution >= 4 is 92.7 Å². The van der Waals surface area contributed by atoms with Gasteiger partial charge in [0.2, 0.25) is 35.2 Å². The van der Waals surface area contributed by atoms with Crippen molar-refractivity contribution < 1.29 is 79.3 Å². The molecule has 118 heavy (non-hydrogen) atoms. The molecule has 0 atom stereocenters. The van der Waals surface area contributed by atoms with Crippen molar-refractivity contribution in [2.75, 3.05) is 97.2 Å². The minimum Gasteiger partial charge on any atom is -0.481 e. The van der Waals surface area contributed by atoms with E-state index in [0.717, 1.165) is 129 Å². The second kappa shape index (κ2) is 48.8. The molecule has 4 aromatic carbocycles. The highest BCUT2D eigenvalue weighted by molar-refractivity contribution is 5.95. The lowest BCUT2D eigenvalue weighted by molar-refractivity contribution is -0.383. The SMILES string of the molecule is C.C.CC(=O)O.CCO.CCOC(=O)N1Cc2cccc(c2)C/C=C/CCOc2cc1c([N+](=O)[O-])c(N)n2.COC(=O)N1Cc2cccc(c2)CCCCCOc2cc1c(N)c(N)n2.COC(=O)N1Cc2cccc(c2)CCCCCOc2cc1c([N+](=O)[O-])c(N)n2.N.Nc1nc2cc3c1[nH]c(=O)n3Cc1cccc(c1)CCCCCO2.O.[HH]. The number of aromatic nitrogens is 6. The number of nitrogens with two attached hydrogens (primary N) is 5. The fourth-order valence-electron chi connectivity index (χ4n) is 12.5. The molecule has 4 aliphatic rings. The lowest BCUT2D eigenvalue weighted by Crippen LogP contribution is -2.32. The summed E-state index contributed by atoms with van der Waals surface area (Å²) in [7, 11) is 2.56. The molecule has 0 unspecified atom stereocenters. The average molecular weight is 1640 g/mol. The van der Waals surface area contributed by atoms with E-state index in [0.29, 0.717) is 74.7 Å². The van der Waals surface area contributed by atoms with Crippen LogP contribution in [0.2, 0.25) is 0 Å². The number of imidazole rings is 1. The van der Waals surface area contributed by atoms with Crippen LogP contribution in [0.15, 0.2) is 138 Å². The number of aliphatic carboxylic acids is 1. The number of rotatable bonds is 3. The highest BCUT2D eigenvalue weighted by Gasteiger charge is 2.33. The molecule has 0 radical (unpaired) electrons. The van der Waals surface area contributed by atoms with Gasteiger partial charge in [-0.2, -0.15) is 19.9 Å². The summed E-state index contributed by atoms with van der Waals surface area (Å²) in [5, 5.41) is 38.3. The third kappa shape index (κ3) is 28.3. The number of aliphatic hydroxyl groups is 1. The largest absolute Gasteiger partial charge is 0.481 e. The lowest BCUT2D eigenvalue weighted by atomic mass is 10.0. The number of pyridine rings is 4.